The van der Waals surface area contributed by atoms with Crippen LogP contribution in [-0.4, -0.2) is 33.3 Å². The van der Waals surface area contributed by atoms with Gasteiger partial charge in [0.05, 0.1) is 41.3 Å². The topological polar surface area (TPSA) is 81.4 Å². The minimum Gasteiger partial charge on any atom is -0.466 e. The molecule has 18 heavy (non-hydrogen) atoms. The number of halogens is 1. The minimum absolute atomic E-state index is 0.0287. The summed E-state index contributed by atoms with van der Waals surface area (Å²) in [5, 5.41) is 9.69. The Morgan fingerprint density at radius 3 is 2.94 bits per heavy atom. The predicted octanol–water partition coefficient (Wildman–Crippen LogP) is 0.470. The Hall–Kier alpha value is -0.960. The van der Waals surface area contributed by atoms with Crippen LogP contribution < -0.4 is 5.56 Å². The van der Waals surface area contributed by atoms with Gasteiger partial charge in [-0.3, -0.25) is 14.2 Å². The number of aliphatic hydroxyl groups excluding tert-OH is 1. The first-order chi connectivity index (χ1) is 8.45. The lowest BCUT2D eigenvalue weighted by atomic mass is 10.2. The molecule has 0 spiro atoms. The van der Waals surface area contributed by atoms with E-state index in [0.29, 0.717) is 9.26 Å². The van der Waals surface area contributed by atoms with Gasteiger partial charge in [-0.05, 0) is 36.4 Å². The Balaban J connectivity index is 2.71. The van der Waals surface area contributed by atoms with Gasteiger partial charge < -0.3 is 9.84 Å². The number of nitrogens with zero attached hydrogens (tertiary/aromatic N) is 2. The zero-order chi connectivity index (χ0) is 13.7. The van der Waals surface area contributed by atoms with Gasteiger partial charge in [-0.15, -0.1) is 0 Å². The Labute approximate surface area is 118 Å². The van der Waals surface area contributed by atoms with Crippen molar-refractivity contribution in [1.82, 2.24) is 9.55 Å². The van der Waals surface area contributed by atoms with E-state index >= 15 is 0 Å². The number of carbonyl (C=O) groups is 1. The Morgan fingerprint density at radius 2 is 2.33 bits per heavy atom. The number of aliphatic hydroxyl groups is 1. The molecule has 0 saturated heterocycles. The molecule has 0 radical (unpaired) electrons. The van der Waals surface area contributed by atoms with Crippen LogP contribution >= 0.6 is 22.6 Å². The van der Waals surface area contributed by atoms with Crippen LogP contribution in [0.3, 0.4) is 0 Å². The standard InChI is InChI=1S/C11H15IN2O4/c1-3-18-9(16)4-8(15)5-14-6-13-7(2)10(12)11(14)17/h6,8,15H,3-5H2,1-2H3. The van der Waals surface area contributed by atoms with E-state index in [1.807, 2.05) is 22.6 Å². The van der Waals surface area contributed by atoms with Gasteiger partial charge in [0.25, 0.3) is 5.56 Å². The van der Waals surface area contributed by atoms with Gasteiger partial charge in [-0.25, -0.2) is 4.98 Å². The van der Waals surface area contributed by atoms with Gasteiger partial charge in [0.1, 0.15) is 0 Å². The van der Waals surface area contributed by atoms with E-state index in [4.69, 9.17) is 4.74 Å². The average Bonchev–Trinajstić information content (AvgIpc) is 2.30. The van der Waals surface area contributed by atoms with Gasteiger partial charge in [0.15, 0.2) is 0 Å². The van der Waals surface area contributed by atoms with Gasteiger partial charge in [0.2, 0.25) is 0 Å². The lowest BCUT2D eigenvalue weighted by Crippen LogP contribution is -2.30. The molecular weight excluding hydrogens is 351 g/mol. The Kier molecular flexibility index (Phi) is 5.73. The summed E-state index contributed by atoms with van der Waals surface area (Å²) in [5.74, 6) is -0.479. The normalized spacial score (nSPS) is 12.2. The van der Waals surface area contributed by atoms with Gasteiger partial charge in [-0.2, -0.15) is 0 Å². The smallest absolute Gasteiger partial charge is 0.308 e. The van der Waals surface area contributed by atoms with Crippen molar-refractivity contribution in [2.45, 2.75) is 32.9 Å². The molecular formula is C11H15IN2O4. The van der Waals surface area contributed by atoms with Crippen molar-refractivity contribution < 1.29 is 14.6 Å². The van der Waals surface area contributed by atoms with Gasteiger partial charge >= 0.3 is 5.97 Å². The zero-order valence-corrected chi connectivity index (χ0v) is 12.4. The summed E-state index contributed by atoms with van der Waals surface area (Å²) in [7, 11) is 0. The van der Waals surface area contributed by atoms with Crippen LogP contribution in [-0.2, 0) is 16.1 Å². The number of aromatic nitrogens is 2. The predicted molar refractivity (Wildman–Crippen MR) is 73.2 cm³/mol. The van der Waals surface area contributed by atoms with Gasteiger partial charge in [0, 0.05) is 0 Å². The van der Waals surface area contributed by atoms with Crippen LogP contribution in [0.15, 0.2) is 11.1 Å². The maximum Gasteiger partial charge on any atom is 0.308 e. The van der Waals surface area contributed by atoms with Crippen LogP contribution in [0, 0.1) is 10.5 Å². The van der Waals surface area contributed by atoms with Crippen LogP contribution in [0.25, 0.3) is 0 Å². The Bertz CT molecular complexity index is 486. The van der Waals surface area contributed by atoms with E-state index in [1.54, 1.807) is 13.8 Å². The van der Waals surface area contributed by atoms with E-state index < -0.39 is 12.1 Å². The van der Waals surface area contributed by atoms with Crippen LogP contribution in [0.5, 0.6) is 0 Å². The fourth-order valence-electron chi connectivity index (χ4n) is 1.38. The maximum absolute atomic E-state index is 11.8. The zero-order valence-electron chi connectivity index (χ0n) is 10.2. The average molecular weight is 366 g/mol. The molecule has 7 heteroatoms. The highest BCUT2D eigenvalue weighted by Crippen LogP contribution is 2.03. The van der Waals surface area contributed by atoms with E-state index in [0.717, 1.165) is 0 Å². The van der Waals surface area contributed by atoms with Crippen molar-refractivity contribution in [3.05, 3.63) is 25.9 Å². The molecule has 0 fully saturated rings. The summed E-state index contributed by atoms with van der Waals surface area (Å²) >= 11 is 1.91. The molecule has 1 atom stereocenters. The van der Waals surface area contributed by atoms with E-state index in [9.17, 15) is 14.7 Å². The lowest BCUT2D eigenvalue weighted by molar-refractivity contribution is -0.145. The van der Waals surface area contributed by atoms with Crippen molar-refractivity contribution in [3.8, 4) is 0 Å². The second-order valence-electron chi connectivity index (χ2n) is 3.76. The largest absolute Gasteiger partial charge is 0.466 e. The monoisotopic (exact) mass is 366 g/mol. The first-order valence-corrected chi connectivity index (χ1v) is 6.58. The highest BCUT2D eigenvalue weighted by atomic mass is 127. The number of ether oxygens (including phenoxy) is 1. The summed E-state index contributed by atoms with van der Waals surface area (Å²) in [4.78, 5) is 27.0. The van der Waals surface area contributed by atoms with Crippen LogP contribution in [0.1, 0.15) is 19.0 Å². The number of carbonyl (C=O) groups excluding carboxylic acids is 1. The number of esters is 1. The molecule has 1 unspecified atom stereocenters. The molecule has 1 N–H and O–H groups in total. The van der Waals surface area contributed by atoms with Crippen molar-refractivity contribution in [2.75, 3.05) is 6.61 Å². The molecule has 1 heterocycles. The number of hydrogen-bond donors (Lipinski definition) is 1. The summed E-state index contributed by atoms with van der Waals surface area (Å²) in [6.45, 7) is 3.74. The fraction of sp³-hybridized carbons (Fsp3) is 0.545. The third kappa shape index (κ3) is 4.05. The number of hydrogen-bond acceptors (Lipinski definition) is 5. The van der Waals surface area contributed by atoms with Crippen molar-refractivity contribution >= 4 is 28.6 Å². The third-order valence-corrected chi connectivity index (χ3v) is 3.51. The minimum atomic E-state index is -0.956. The summed E-state index contributed by atoms with van der Waals surface area (Å²) in [6.07, 6.45) is 0.279. The van der Waals surface area contributed by atoms with Crippen molar-refractivity contribution in [1.29, 1.82) is 0 Å². The third-order valence-electron chi connectivity index (χ3n) is 2.27. The second-order valence-corrected chi connectivity index (χ2v) is 4.84. The number of aryl methyl sites for hydroxylation is 1. The number of rotatable bonds is 5. The summed E-state index contributed by atoms with van der Waals surface area (Å²) < 4.78 is 6.52. The van der Waals surface area contributed by atoms with E-state index in [-0.39, 0.29) is 25.1 Å². The van der Waals surface area contributed by atoms with E-state index in [1.165, 1.54) is 10.9 Å². The molecule has 1 aromatic rings. The molecule has 1 rings (SSSR count). The van der Waals surface area contributed by atoms with Gasteiger partial charge in [-0.1, -0.05) is 0 Å². The van der Waals surface area contributed by atoms with E-state index in [2.05, 4.69) is 4.98 Å². The van der Waals surface area contributed by atoms with Crippen molar-refractivity contribution in [2.24, 2.45) is 0 Å². The molecule has 0 aromatic carbocycles. The molecule has 0 amide bonds. The molecule has 0 bridgehead atoms. The SMILES string of the molecule is CCOC(=O)CC(O)Cn1cnc(C)c(I)c1=O. The van der Waals surface area contributed by atoms with Crippen molar-refractivity contribution in [3.63, 3.8) is 0 Å². The molecule has 0 aliphatic carbocycles. The first-order valence-electron chi connectivity index (χ1n) is 5.51. The first kappa shape index (κ1) is 15.1. The van der Waals surface area contributed by atoms with Crippen LogP contribution in [0.4, 0.5) is 0 Å². The summed E-state index contributed by atoms with van der Waals surface area (Å²) in [5.41, 5.74) is 0.433. The molecule has 100 valence electrons. The molecule has 0 saturated carbocycles. The lowest BCUT2D eigenvalue weighted by Gasteiger charge is -2.12. The molecule has 0 aliphatic rings. The second kappa shape index (κ2) is 6.83. The Morgan fingerprint density at radius 1 is 1.67 bits per heavy atom. The molecule has 0 aliphatic heterocycles. The maximum atomic E-state index is 11.8. The highest BCUT2D eigenvalue weighted by Gasteiger charge is 2.14. The highest BCUT2D eigenvalue weighted by molar-refractivity contribution is 14.1. The fourth-order valence-corrected chi connectivity index (χ4v) is 1.83. The molecule has 6 nitrogen and oxygen atoms in total. The molecule has 1 aromatic heterocycles. The quantitative estimate of drug-likeness (QED) is 0.605. The summed E-state index contributed by atoms with van der Waals surface area (Å²) in [6, 6.07) is 0. The van der Waals surface area contributed by atoms with Crippen LogP contribution in [0.2, 0.25) is 0 Å².